The highest BCUT2D eigenvalue weighted by Crippen LogP contribution is 2.20. The maximum Gasteiger partial charge on any atom is 0.170 e. The van der Waals surface area contributed by atoms with Gasteiger partial charge < -0.3 is 21.0 Å². The molecule has 0 radical (unpaired) electrons. The molecule has 0 aliphatic rings. The molecule has 20 heavy (non-hydrogen) atoms. The van der Waals surface area contributed by atoms with Crippen LogP contribution in [0.5, 0.6) is 5.75 Å². The average Bonchev–Trinajstić information content (AvgIpc) is 2.99. The van der Waals surface area contributed by atoms with Gasteiger partial charge in [0.05, 0.1) is 7.11 Å². The van der Waals surface area contributed by atoms with Gasteiger partial charge in [0.1, 0.15) is 5.75 Å². The average molecular weight is 291 g/mol. The Kier molecular flexibility index (Phi) is 4.97. The maximum atomic E-state index is 8.72. The van der Waals surface area contributed by atoms with E-state index < -0.39 is 0 Å². The monoisotopic (exact) mass is 291 g/mol. The predicted octanol–water partition coefficient (Wildman–Crippen LogP) is 2.14. The first-order valence-electron chi connectivity index (χ1n) is 6.11. The van der Waals surface area contributed by atoms with Crippen LogP contribution in [-0.2, 0) is 13.1 Å². The lowest BCUT2D eigenvalue weighted by atomic mass is 10.1. The van der Waals surface area contributed by atoms with Crippen molar-refractivity contribution in [1.29, 1.82) is 0 Å². The van der Waals surface area contributed by atoms with E-state index in [2.05, 4.69) is 27.3 Å². The molecule has 0 unspecified atom stereocenters. The number of nitrogens with one attached hydrogen (secondary N) is 1. The third-order valence-electron chi connectivity index (χ3n) is 2.91. The number of nitrogens with zero attached hydrogens (tertiary/aromatic N) is 1. The summed E-state index contributed by atoms with van der Waals surface area (Å²) in [4.78, 5) is 0. The number of rotatable bonds is 6. The first-order valence-corrected chi connectivity index (χ1v) is 7.05. The molecule has 5 nitrogen and oxygen atoms in total. The van der Waals surface area contributed by atoms with E-state index in [4.69, 9.17) is 15.7 Å². The Morgan fingerprint density at radius 1 is 1.40 bits per heavy atom. The number of hydrogen-bond donors (Lipinski definition) is 3. The summed E-state index contributed by atoms with van der Waals surface area (Å²) in [6.07, 6.45) is 0. The minimum absolute atomic E-state index is 0.0896. The Labute approximate surface area is 121 Å². The van der Waals surface area contributed by atoms with Crippen LogP contribution in [0.3, 0.4) is 0 Å². The van der Waals surface area contributed by atoms with Crippen LogP contribution in [0.25, 0.3) is 0 Å². The minimum Gasteiger partial charge on any atom is -0.496 e. The molecule has 0 bridgehead atoms. The minimum atomic E-state index is 0.0896. The smallest absolute Gasteiger partial charge is 0.170 e. The summed E-state index contributed by atoms with van der Waals surface area (Å²) in [5, 5.41) is 19.2. The standard InChI is InChI=1S/C14H17N3O2S/c1-19-13-3-2-11(14(15)17-18)6-12(13)8-16-7-10-4-5-20-9-10/h2-6,9,16,18H,7-8H2,1H3,(H2,15,17). The lowest BCUT2D eigenvalue weighted by Crippen LogP contribution is -2.16. The second-order valence-corrected chi connectivity index (χ2v) is 5.03. The third-order valence-corrected chi connectivity index (χ3v) is 3.64. The normalized spacial score (nSPS) is 11.6. The SMILES string of the molecule is COc1ccc(/C(N)=N/O)cc1CNCc1ccsc1. The third kappa shape index (κ3) is 3.49. The Morgan fingerprint density at radius 3 is 2.90 bits per heavy atom. The number of methoxy groups -OCH3 is 1. The second kappa shape index (κ2) is 6.93. The van der Waals surface area contributed by atoms with E-state index in [0.717, 1.165) is 17.9 Å². The Balaban J connectivity index is 2.08. The summed E-state index contributed by atoms with van der Waals surface area (Å²) in [7, 11) is 1.63. The number of benzene rings is 1. The molecule has 2 aromatic rings. The van der Waals surface area contributed by atoms with Crippen LogP contribution in [0, 0.1) is 0 Å². The molecule has 0 aliphatic heterocycles. The highest BCUT2D eigenvalue weighted by molar-refractivity contribution is 7.07. The van der Waals surface area contributed by atoms with Crippen molar-refractivity contribution in [1.82, 2.24) is 5.32 Å². The van der Waals surface area contributed by atoms with Gasteiger partial charge in [-0.1, -0.05) is 5.16 Å². The topological polar surface area (TPSA) is 79.9 Å². The van der Waals surface area contributed by atoms with E-state index in [-0.39, 0.29) is 5.84 Å². The fraction of sp³-hybridized carbons (Fsp3) is 0.214. The highest BCUT2D eigenvalue weighted by Gasteiger charge is 2.07. The van der Waals surface area contributed by atoms with Gasteiger partial charge in [-0.3, -0.25) is 0 Å². The Bertz CT molecular complexity index is 582. The van der Waals surface area contributed by atoms with Gasteiger partial charge in [-0.05, 0) is 40.6 Å². The van der Waals surface area contributed by atoms with Gasteiger partial charge in [0.2, 0.25) is 0 Å². The van der Waals surface area contributed by atoms with Crippen molar-refractivity contribution in [3.05, 3.63) is 51.7 Å². The molecule has 6 heteroatoms. The molecule has 1 aromatic carbocycles. The zero-order chi connectivity index (χ0) is 14.4. The second-order valence-electron chi connectivity index (χ2n) is 4.25. The van der Waals surface area contributed by atoms with Crippen molar-refractivity contribution in [2.75, 3.05) is 7.11 Å². The predicted molar refractivity (Wildman–Crippen MR) is 80.4 cm³/mol. The summed E-state index contributed by atoms with van der Waals surface area (Å²) in [6.45, 7) is 1.44. The largest absolute Gasteiger partial charge is 0.496 e. The van der Waals surface area contributed by atoms with Crippen molar-refractivity contribution in [2.24, 2.45) is 10.9 Å². The number of ether oxygens (including phenoxy) is 1. The lowest BCUT2D eigenvalue weighted by Gasteiger charge is -2.11. The van der Waals surface area contributed by atoms with E-state index in [9.17, 15) is 0 Å². The molecule has 0 saturated carbocycles. The van der Waals surface area contributed by atoms with Crippen molar-refractivity contribution in [3.63, 3.8) is 0 Å². The Morgan fingerprint density at radius 2 is 2.25 bits per heavy atom. The van der Waals surface area contributed by atoms with Crippen LogP contribution < -0.4 is 15.8 Å². The summed E-state index contributed by atoms with van der Waals surface area (Å²) >= 11 is 1.68. The molecule has 0 amide bonds. The fourth-order valence-electron chi connectivity index (χ4n) is 1.87. The molecule has 0 saturated heterocycles. The fourth-order valence-corrected chi connectivity index (χ4v) is 2.54. The Hall–Kier alpha value is -2.05. The molecular formula is C14H17N3O2S. The molecule has 1 heterocycles. The summed E-state index contributed by atoms with van der Waals surface area (Å²) < 4.78 is 5.32. The van der Waals surface area contributed by atoms with Gasteiger partial charge in [0.25, 0.3) is 0 Å². The summed E-state index contributed by atoms with van der Waals surface area (Å²) in [5.74, 6) is 0.865. The zero-order valence-corrected chi connectivity index (χ0v) is 12.0. The first-order chi connectivity index (χ1) is 9.74. The van der Waals surface area contributed by atoms with Crippen LogP contribution in [0.2, 0.25) is 0 Å². The number of nitrogens with two attached hydrogens (primary N) is 1. The maximum absolute atomic E-state index is 8.72. The molecule has 106 valence electrons. The van der Waals surface area contributed by atoms with Crippen LogP contribution in [0.15, 0.2) is 40.2 Å². The highest BCUT2D eigenvalue weighted by atomic mass is 32.1. The number of thiophene rings is 1. The molecule has 0 aliphatic carbocycles. The van der Waals surface area contributed by atoms with Gasteiger partial charge >= 0.3 is 0 Å². The van der Waals surface area contributed by atoms with E-state index in [0.29, 0.717) is 12.1 Å². The van der Waals surface area contributed by atoms with Crippen molar-refractivity contribution < 1.29 is 9.94 Å². The van der Waals surface area contributed by atoms with Crippen LogP contribution >= 0.6 is 11.3 Å². The van der Waals surface area contributed by atoms with Gasteiger partial charge in [-0.2, -0.15) is 11.3 Å². The molecule has 0 atom stereocenters. The van der Waals surface area contributed by atoms with Crippen LogP contribution in [0.4, 0.5) is 0 Å². The molecule has 2 rings (SSSR count). The van der Waals surface area contributed by atoms with Gasteiger partial charge in [-0.15, -0.1) is 0 Å². The number of amidine groups is 1. The molecule has 0 spiro atoms. The van der Waals surface area contributed by atoms with E-state index in [1.54, 1.807) is 24.5 Å². The van der Waals surface area contributed by atoms with Crippen molar-refractivity contribution in [3.8, 4) is 5.75 Å². The molecule has 1 aromatic heterocycles. The van der Waals surface area contributed by atoms with Crippen molar-refractivity contribution in [2.45, 2.75) is 13.1 Å². The zero-order valence-electron chi connectivity index (χ0n) is 11.2. The van der Waals surface area contributed by atoms with E-state index in [1.807, 2.05) is 12.1 Å². The summed E-state index contributed by atoms with van der Waals surface area (Å²) in [6, 6.07) is 7.52. The molecule has 4 N–H and O–H groups in total. The number of oxime groups is 1. The number of hydrogen-bond acceptors (Lipinski definition) is 5. The van der Waals surface area contributed by atoms with E-state index in [1.165, 1.54) is 5.56 Å². The molecular weight excluding hydrogens is 274 g/mol. The summed E-state index contributed by atoms with van der Waals surface area (Å²) in [5.41, 5.74) is 8.48. The van der Waals surface area contributed by atoms with Crippen LogP contribution in [-0.4, -0.2) is 18.2 Å². The quantitative estimate of drug-likeness (QED) is 0.330. The van der Waals surface area contributed by atoms with Crippen LogP contribution in [0.1, 0.15) is 16.7 Å². The van der Waals surface area contributed by atoms with Gasteiger partial charge in [-0.25, -0.2) is 0 Å². The van der Waals surface area contributed by atoms with Gasteiger partial charge in [0, 0.05) is 24.2 Å². The molecule has 0 fully saturated rings. The van der Waals surface area contributed by atoms with E-state index >= 15 is 0 Å². The van der Waals surface area contributed by atoms with Crippen molar-refractivity contribution >= 4 is 17.2 Å². The first kappa shape index (κ1) is 14.4. The van der Waals surface area contributed by atoms with Gasteiger partial charge in [0.15, 0.2) is 5.84 Å². The lowest BCUT2D eigenvalue weighted by molar-refractivity contribution is 0.318.